The summed E-state index contributed by atoms with van der Waals surface area (Å²) < 4.78 is 2.08. The molecule has 0 atom stereocenters. The van der Waals surface area contributed by atoms with Crippen molar-refractivity contribution in [2.45, 2.75) is 39.8 Å². The molecule has 0 saturated heterocycles. The number of hydrogen-bond donors (Lipinski definition) is 1. The van der Waals surface area contributed by atoms with E-state index in [1.165, 1.54) is 5.56 Å². The number of nitrogens with one attached hydrogen (secondary N) is 1. The van der Waals surface area contributed by atoms with Gasteiger partial charge in [0.2, 0.25) is 0 Å². The molecule has 96 valence electrons. The van der Waals surface area contributed by atoms with Crippen molar-refractivity contribution in [3.63, 3.8) is 0 Å². The Morgan fingerprint density at radius 2 is 2.06 bits per heavy atom. The molecular formula is C14H20N4. The predicted molar refractivity (Wildman–Crippen MR) is 72.7 cm³/mol. The molecule has 2 rings (SSSR count). The third-order valence-electron chi connectivity index (χ3n) is 2.77. The molecule has 0 fully saturated rings. The minimum Gasteiger partial charge on any atom is -0.308 e. The zero-order valence-corrected chi connectivity index (χ0v) is 11.4. The predicted octanol–water partition coefficient (Wildman–Crippen LogP) is 2.46. The Kier molecular flexibility index (Phi) is 3.48. The lowest BCUT2D eigenvalue weighted by Crippen LogP contribution is -2.35. The molecule has 1 N–H and O–H groups in total. The van der Waals surface area contributed by atoms with Gasteiger partial charge in [0.1, 0.15) is 5.82 Å². The van der Waals surface area contributed by atoms with Crippen LogP contribution in [0.2, 0.25) is 0 Å². The summed E-state index contributed by atoms with van der Waals surface area (Å²) in [4.78, 5) is 8.48. The molecule has 0 aromatic carbocycles. The highest BCUT2D eigenvalue weighted by atomic mass is 15.1. The lowest BCUT2D eigenvalue weighted by Gasteiger charge is -2.21. The van der Waals surface area contributed by atoms with Gasteiger partial charge in [-0.25, -0.2) is 4.98 Å². The number of hydrogen-bond acceptors (Lipinski definition) is 3. The summed E-state index contributed by atoms with van der Waals surface area (Å²) in [6.45, 7) is 9.27. The van der Waals surface area contributed by atoms with E-state index in [2.05, 4.69) is 40.6 Å². The van der Waals surface area contributed by atoms with Crippen molar-refractivity contribution in [1.82, 2.24) is 19.9 Å². The molecule has 2 aromatic heterocycles. The monoisotopic (exact) mass is 244 g/mol. The van der Waals surface area contributed by atoms with Gasteiger partial charge in [0, 0.05) is 42.4 Å². The van der Waals surface area contributed by atoms with Crippen LogP contribution in [0, 0.1) is 6.92 Å². The second-order valence-electron chi connectivity index (χ2n) is 5.45. The number of aryl methyl sites for hydroxylation is 1. The van der Waals surface area contributed by atoms with Crippen molar-refractivity contribution in [2.75, 3.05) is 0 Å². The van der Waals surface area contributed by atoms with Gasteiger partial charge in [0.05, 0.1) is 5.69 Å². The number of pyridine rings is 1. The Balaban J connectivity index is 2.29. The SMILES string of the molecule is Cc1nccn1-c1ccncc1CNC(C)(C)C. The second kappa shape index (κ2) is 4.90. The van der Waals surface area contributed by atoms with E-state index in [0.717, 1.165) is 18.1 Å². The fourth-order valence-corrected chi connectivity index (χ4v) is 1.78. The molecule has 18 heavy (non-hydrogen) atoms. The van der Waals surface area contributed by atoms with E-state index in [-0.39, 0.29) is 5.54 Å². The largest absolute Gasteiger partial charge is 0.308 e. The molecule has 4 heteroatoms. The minimum atomic E-state index is 0.0943. The standard InChI is InChI=1S/C14H20N4/c1-11-16-7-8-18(11)13-5-6-15-9-12(13)10-17-14(2,3)4/h5-9,17H,10H2,1-4H3. The quantitative estimate of drug-likeness (QED) is 0.902. The molecule has 0 spiro atoms. The van der Waals surface area contributed by atoms with E-state index in [9.17, 15) is 0 Å². The van der Waals surface area contributed by atoms with Gasteiger partial charge in [-0.05, 0) is 33.8 Å². The Labute approximate surface area is 108 Å². The molecule has 0 saturated carbocycles. The maximum Gasteiger partial charge on any atom is 0.110 e. The normalized spacial score (nSPS) is 11.8. The maximum atomic E-state index is 4.27. The van der Waals surface area contributed by atoms with Gasteiger partial charge < -0.3 is 9.88 Å². The van der Waals surface area contributed by atoms with Crippen molar-refractivity contribution in [1.29, 1.82) is 0 Å². The van der Waals surface area contributed by atoms with Crippen molar-refractivity contribution in [3.05, 3.63) is 42.2 Å². The Hall–Kier alpha value is -1.68. The van der Waals surface area contributed by atoms with Crippen LogP contribution in [-0.2, 0) is 6.54 Å². The smallest absolute Gasteiger partial charge is 0.110 e. The molecule has 2 heterocycles. The highest BCUT2D eigenvalue weighted by molar-refractivity contribution is 5.39. The third-order valence-corrected chi connectivity index (χ3v) is 2.77. The average Bonchev–Trinajstić information content (AvgIpc) is 2.72. The van der Waals surface area contributed by atoms with Crippen LogP contribution in [0.1, 0.15) is 32.2 Å². The van der Waals surface area contributed by atoms with Crippen molar-refractivity contribution in [3.8, 4) is 5.69 Å². The molecule has 0 amide bonds. The molecule has 0 aliphatic heterocycles. The first kappa shape index (κ1) is 12.8. The summed E-state index contributed by atoms with van der Waals surface area (Å²) in [6.07, 6.45) is 7.52. The average molecular weight is 244 g/mol. The highest BCUT2D eigenvalue weighted by Crippen LogP contribution is 2.15. The van der Waals surface area contributed by atoms with Crippen molar-refractivity contribution < 1.29 is 0 Å². The maximum absolute atomic E-state index is 4.27. The van der Waals surface area contributed by atoms with Crippen LogP contribution in [0.5, 0.6) is 0 Å². The Bertz CT molecular complexity index is 523. The first-order chi connectivity index (χ1) is 8.47. The van der Waals surface area contributed by atoms with Crippen LogP contribution in [0.25, 0.3) is 5.69 Å². The van der Waals surface area contributed by atoms with Gasteiger partial charge in [-0.2, -0.15) is 0 Å². The molecule has 0 aliphatic rings. The van der Waals surface area contributed by atoms with Crippen LogP contribution in [0.4, 0.5) is 0 Å². The molecular weight excluding hydrogens is 224 g/mol. The first-order valence-electron chi connectivity index (χ1n) is 6.15. The van der Waals surface area contributed by atoms with E-state index >= 15 is 0 Å². The Morgan fingerprint density at radius 1 is 1.28 bits per heavy atom. The molecule has 0 bridgehead atoms. The summed E-state index contributed by atoms with van der Waals surface area (Å²) in [5.41, 5.74) is 2.40. The molecule has 2 aromatic rings. The van der Waals surface area contributed by atoms with Gasteiger partial charge in [-0.15, -0.1) is 0 Å². The number of imidazole rings is 1. The topological polar surface area (TPSA) is 42.7 Å². The third kappa shape index (κ3) is 2.96. The molecule has 0 radical (unpaired) electrons. The summed E-state index contributed by atoms with van der Waals surface area (Å²) in [5.74, 6) is 0.984. The number of nitrogens with zero attached hydrogens (tertiary/aromatic N) is 3. The lowest BCUT2D eigenvalue weighted by atomic mass is 10.1. The van der Waals surface area contributed by atoms with Gasteiger partial charge >= 0.3 is 0 Å². The van der Waals surface area contributed by atoms with Crippen LogP contribution in [0.15, 0.2) is 30.9 Å². The van der Waals surface area contributed by atoms with Gasteiger partial charge in [0.25, 0.3) is 0 Å². The van der Waals surface area contributed by atoms with E-state index in [1.54, 1.807) is 0 Å². The number of rotatable bonds is 3. The lowest BCUT2D eigenvalue weighted by molar-refractivity contribution is 0.423. The highest BCUT2D eigenvalue weighted by Gasteiger charge is 2.11. The summed E-state index contributed by atoms with van der Waals surface area (Å²) in [7, 11) is 0. The van der Waals surface area contributed by atoms with Crippen LogP contribution < -0.4 is 5.32 Å². The summed E-state index contributed by atoms with van der Waals surface area (Å²) in [5, 5.41) is 3.49. The molecule has 4 nitrogen and oxygen atoms in total. The van der Waals surface area contributed by atoms with Crippen molar-refractivity contribution in [2.24, 2.45) is 0 Å². The van der Waals surface area contributed by atoms with E-state index in [0.29, 0.717) is 0 Å². The number of aromatic nitrogens is 3. The zero-order chi connectivity index (χ0) is 13.2. The second-order valence-corrected chi connectivity index (χ2v) is 5.45. The Morgan fingerprint density at radius 3 is 2.67 bits per heavy atom. The molecule has 0 unspecified atom stereocenters. The van der Waals surface area contributed by atoms with Gasteiger partial charge in [0.15, 0.2) is 0 Å². The van der Waals surface area contributed by atoms with E-state index in [1.807, 2.05) is 37.8 Å². The zero-order valence-electron chi connectivity index (χ0n) is 11.4. The summed E-state index contributed by atoms with van der Waals surface area (Å²) >= 11 is 0. The van der Waals surface area contributed by atoms with Crippen LogP contribution >= 0.6 is 0 Å². The first-order valence-corrected chi connectivity index (χ1v) is 6.15. The van der Waals surface area contributed by atoms with Gasteiger partial charge in [-0.1, -0.05) is 0 Å². The fourth-order valence-electron chi connectivity index (χ4n) is 1.78. The van der Waals surface area contributed by atoms with Crippen LogP contribution in [-0.4, -0.2) is 20.1 Å². The minimum absolute atomic E-state index is 0.0943. The molecule has 0 aliphatic carbocycles. The van der Waals surface area contributed by atoms with E-state index < -0.39 is 0 Å². The fraction of sp³-hybridized carbons (Fsp3) is 0.429. The summed E-state index contributed by atoms with van der Waals surface area (Å²) in [6, 6.07) is 2.02. The van der Waals surface area contributed by atoms with E-state index in [4.69, 9.17) is 0 Å². The van der Waals surface area contributed by atoms with Gasteiger partial charge in [-0.3, -0.25) is 4.98 Å². The van der Waals surface area contributed by atoms with Crippen LogP contribution in [0.3, 0.4) is 0 Å². The van der Waals surface area contributed by atoms with Crippen molar-refractivity contribution >= 4 is 0 Å².